The highest BCUT2D eigenvalue weighted by Crippen LogP contribution is 2.07. The number of benzene rings is 1. The summed E-state index contributed by atoms with van der Waals surface area (Å²) in [5.74, 6) is -0.585. The molecule has 8 heteroatoms. The van der Waals surface area contributed by atoms with Gasteiger partial charge in [-0.3, -0.25) is 4.79 Å². The van der Waals surface area contributed by atoms with Crippen LogP contribution in [0.2, 0.25) is 0 Å². The predicted octanol–water partition coefficient (Wildman–Crippen LogP) is 0.575. The first kappa shape index (κ1) is 14.9. The first-order valence-electron chi connectivity index (χ1n) is 6.65. The molecule has 0 aliphatic rings. The number of nitrogens with one attached hydrogen (secondary N) is 1. The van der Waals surface area contributed by atoms with Gasteiger partial charge < -0.3 is 16.2 Å². The number of carboxylic acids is 1. The van der Waals surface area contributed by atoms with Gasteiger partial charge in [0, 0.05) is 6.54 Å². The second kappa shape index (κ2) is 6.80. The zero-order valence-electron chi connectivity index (χ0n) is 11.7. The number of nitrogens with two attached hydrogens (primary N) is 1. The van der Waals surface area contributed by atoms with E-state index in [4.69, 9.17) is 10.8 Å². The van der Waals surface area contributed by atoms with Crippen molar-refractivity contribution < 1.29 is 9.90 Å². The van der Waals surface area contributed by atoms with Gasteiger partial charge in [-0.15, -0.1) is 9.90 Å². The first-order valence-corrected chi connectivity index (χ1v) is 6.65. The van der Waals surface area contributed by atoms with Crippen molar-refractivity contribution in [3.05, 3.63) is 29.8 Å². The van der Waals surface area contributed by atoms with Crippen LogP contribution in [0.15, 0.2) is 24.3 Å². The summed E-state index contributed by atoms with van der Waals surface area (Å²) >= 11 is 0. The molecule has 0 aliphatic heterocycles. The van der Waals surface area contributed by atoms with Crippen LogP contribution in [0.4, 0.5) is 5.95 Å². The minimum atomic E-state index is -0.988. The van der Waals surface area contributed by atoms with Crippen LogP contribution in [-0.4, -0.2) is 43.9 Å². The maximum absolute atomic E-state index is 10.6. The van der Waals surface area contributed by atoms with Crippen LogP contribution in [-0.2, 0) is 4.79 Å². The number of nitrogens with zero attached hydrogens (tertiary/aromatic N) is 4. The molecule has 0 saturated carbocycles. The molecular formula is C13H18N6O2. The second-order valence-electron chi connectivity index (χ2n) is 4.75. The highest BCUT2D eigenvalue weighted by atomic mass is 16.4. The Morgan fingerprint density at radius 2 is 2.14 bits per heavy atom. The van der Waals surface area contributed by atoms with Crippen LogP contribution in [0.1, 0.15) is 18.4 Å². The number of carbonyl (C=O) groups is 1. The molecule has 0 amide bonds. The molecule has 0 radical (unpaired) electrons. The van der Waals surface area contributed by atoms with E-state index in [9.17, 15) is 4.79 Å². The number of hydrogen-bond acceptors (Lipinski definition) is 6. The minimum absolute atomic E-state index is 0.397. The average molecular weight is 290 g/mol. The molecule has 1 heterocycles. The summed E-state index contributed by atoms with van der Waals surface area (Å²) in [7, 11) is 0. The van der Waals surface area contributed by atoms with Gasteiger partial charge in [0.05, 0.1) is 5.69 Å². The van der Waals surface area contributed by atoms with E-state index < -0.39 is 12.0 Å². The fraction of sp³-hybridized carbons (Fsp3) is 0.385. The molecule has 112 valence electrons. The number of aryl methyl sites for hydroxylation is 1. The van der Waals surface area contributed by atoms with Crippen molar-refractivity contribution >= 4 is 11.9 Å². The van der Waals surface area contributed by atoms with Crippen LogP contribution in [0.25, 0.3) is 5.69 Å². The lowest BCUT2D eigenvalue weighted by molar-refractivity contribution is -0.138. The van der Waals surface area contributed by atoms with Crippen molar-refractivity contribution in [3.63, 3.8) is 0 Å². The molecule has 2 rings (SSSR count). The van der Waals surface area contributed by atoms with Crippen LogP contribution in [0, 0.1) is 6.92 Å². The van der Waals surface area contributed by atoms with Crippen molar-refractivity contribution in [3.8, 4) is 5.69 Å². The van der Waals surface area contributed by atoms with Gasteiger partial charge >= 0.3 is 5.97 Å². The summed E-state index contributed by atoms with van der Waals surface area (Å²) in [4.78, 5) is 12.0. The Morgan fingerprint density at radius 3 is 2.81 bits per heavy atom. The summed E-state index contributed by atoms with van der Waals surface area (Å²) in [6.45, 7) is 2.55. The van der Waals surface area contributed by atoms with Gasteiger partial charge in [0.25, 0.3) is 5.95 Å². The van der Waals surface area contributed by atoms with Crippen LogP contribution in [0.3, 0.4) is 0 Å². The number of aromatic nitrogens is 4. The molecule has 1 aromatic heterocycles. The lowest BCUT2D eigenvalue weighted by atomic mass is 10.2. The maximum atomic E-state index is 10.6. The molecule has 0 fully saturated rings. The summed E-state index contributed by atoms with van der Waals surface area (Å²) in [6.07, 6.45) is 1.01. The molecule has 2 aromatic rings. The number of aliphatic carboxylic acids is 1. The zero-order chi connectivity index (χ0) is 15.2. The van der Waals surface area contributed by atoms with E-state index in [2.05, 4.69) is 20.7 Å². The Morgan fingerprint density at radius 1 is 1.43 bits per heavy atom. The van der Waals surface area contributed by atoms with Crippen molar-refractivity contribution in [2.24, 2.45) is 5.73 Å². The normalized spacial score (nSPS) is 12.1. The van der Waals surface area contributed by atoms with Gasteiger partial charge in [-0.25, -0.2) is 0 Å². The number of tetrazole rings is 1. The molecule has 1 atom stereocenters. The van der Waals surface area contributed by atoms with Gasteiger partial charge in [-0.1, -0.05) is 22.8 Å². The molecule has 1 aromatic carbocycles. The number of anilines is 1. The standard InChI is InChI=1S/C13H18N6O2/c1-9-4-6-10(7-5-9)19-17-13(16-18-19)15-8-2-3-11(14)12(20)21/h4-7,11H,2-3,8,14H2,1H3,(H,15,17)(H,20,21). The number of rotatable bonds is 7. The summed E-state index contributed by atoms with van der Waals surface area (Å²) in [5, 5.41) is 23.7. The van der Waals surface area contributed by atoms with E-state index in [1.54, 1.807) is 0 Å². The van der Waals surface area contributed by atoms with E-state index in [1.807, 2.05) is 31.2 Å². The van der Waals surface area contributed by atoms with Crippen molar-refractivity contribution in [1.82, 2.24) is 20.2 Å². The summed E-state index contributed by atoms with van der Waals surface area (Å²) in [6, 6.07) is 6.93. The SMILES string of the molecule is Cc1ccc(-n2nnc(NCCCC(N)C(=O)O)n2)cc1. The average Bonchev–Trinajstić information content (AvgIpc) is 2.93. The van der Waals surface area contributed by atoms with Gasteiger partial charge in [0.2, 0.25) is 0 Å². The van der Waals surface area contributed by atoms with Gasteiger partial charge in [0.15, 0.2) is 0 Å². The molecule has 4 N–H and O–H groups in total. The fourth-order valence-electron chi connectivity index (χ4n) is 1.72. The monoisotopic (exact) mass is 290 g/mol. The smallest absolute Gasteiger partial charge is 0.320 e. The third-order valence-electron chi connectivity index (χ3n) is 2.97. The molecule has 0 bridgehead atoms. The lowest BCUT2D eigenvalue weighted by Gasteiger charge is -2.05. The number of hydrogen-bond donors (Lipinski definition) is 3. The van der Waals surface area contributed by atoms with Crippen LogP contribution in [0.5, 0.6) is 0 Å². The Bertz CT molecular complexity index is 595. The minimum Gasteiger partial charge on any atom is -0.480 e. The molecule has 1 unspecified atom stereocenters. The zero-order valence-corrected chi connectivity index (χ0v) is 11.7. The number of carboxylic acid groups (broad SMARTS) is 1. The van der Waals surface area contributed by atoms with Gasteiger partial charge in [0.1, 0.15) is 6.04 Å². The van der Waals surface area contributed by atoms with E-state index in [0.29, 0.717) is 25.3 Å². The highest BCUT2D eigenvalue weighted by Gasteiger charge is 2.10. The van der Waals surface area contributed by atoms with Crippen molar-refractivity contribution in [2.45, 2.75) is 25.8 Å². The quantitative estimate of drug-likeness (QED) is 0.638. The van der Waals surface area contributed by atoms with E-state index in [-0.39, 0.29) is 0 Å². The predicted molar refractivity (Wildman–Crippen MR) is 77.2 cm³/mol. The summed E-state index contributed by atoms with van der Waals surface area (Å²) < 4.78 is 0. The van der Waals surface area contributed by atoms with E-state index in [1.165, 1.54) is 4.80 Å². The van der Waals surface area contributed by atoms with Gasteiger partial charge in [-0.2, -0.15) is 0 Å². The third kappa shape index (κ3) is 4.25. The molecule has 0 spiro atoms. The third-order valence-corrected chi connectivity index (χ3v) is 2.97. The Hall–Kier alpha value is -2.48. The van der Waals surface area contributed by atoms with Gasteiger partial charge in [-0.05, 0) is 37.1 Å². The van der Waals surface area contributed by atoms with E-state index in [0.717, 1.165) is 11.3 Å². The second-order valence-corrected chi connectivity index (χ2v) is 4.75. The Balaban J connectivity index is 1.83. The molecule has 0 saturated heterocycles. The first-order chi connectivity index (χ1) is 10.1. The molecule has 0 aliphatic carbocycles. The molecule has 8 nitrogen and oxygen atoms in total. The van der Waals surface area contributed by atoms with Crippen LogP contribution >= 0.6 is 0 Å². The van der Waals surface area contributed by atoms with Crippen molar-refractivity contribution in [2.75, 3.05) is 11.9 Å². The van der Waals surface area contributed by atoms with Crippen molar-refractivity contribution in [1.29, 1.82) is 0 Å². The lowest BCUT2D eigenvalue weighted by Crippen LogP contribution is -2.30. The topological polar surface area (TPSA) is 119 Å². The molecule has 21 heavy (non-hydrogen) atoms. The Labute approximate surface area is 122 Å². The maximum Gasteiger partial charge on any atom is 0.320 e. The van der Waals surface area contributed by atoms with Crippen LogP contribution < -0.4 is 11.1 Å². The van der Waals surface area contributed by atoms with E-state index >= 15 is 0 Å². The fourth-order valence-corrected chi connectivity index (χ4v) is 1.72. The summed E-state index contributed by atoms with van der Waals surface area (Å²) in [5.41, 5.74) is 7.40. The Kier molecular flexibility index (Phi) is 4.83. The molecular weight excluding hydrogens is 272 g/mol. The largest absolute Gasteiger partial charge is 0.480 e. The highest BCUT2D eigenvalue weighted by molar-refractivity contribution is 5.72.